The number of morpholine rings is 1. The number of aliphatic carboxylic acids is 1. The zero-order valence-electron chi connectivity index (χ0n) is 21.3. The summed E-state index contributed by atoms with van der Waals surface area (Å²) in [7, 11) is -2.76. The molecule has 3 rings (SSSR count). The third-order valence-corrected chi connectivity index (χ3v) is 9.53. The Morgan fingerprint density at radius 3 is 2.14 bits per heavy atom. The fourth-order valence-electron chi connectivity index (χ4n) is 4.86. The van der Waals surface area contributed by atoms with Crippen LogP contribution in [0.2, 0.25) is 0 Å². The molecule has 1 saturated heterocycles. The monoisotopic (exact) mass is 519 g/mol. The first-order valence-corrected chi connectivity index (χ1v) is 13.9. The van der Waals surface area contributed by atoms with E-state index in [0.29, 0.717) is 36.5 Å². The number of carboxylic acids is 1. The minimum atomic E-state index is -4.25. The molecule has 9 heteroatoms. The van der Waals surface area contributed by atoms with E-state index in [2.05, 4.69) is 4.90 Å². The largest absolute Gasteiger partial charge is 0.497 e. The van der Waals surface area contributed by atoms with Crippen molar-refractivity contribution < 1.29 is 32.5 Å². The summed E-state index contributed by atoms with van der Waals surface area (Å²) in [6, 6.07) is 13.0. The van der Waals surface area contributed by atoms with Crippen LogP contribution in [0.4, 0.5) is 0 Å². The molecule has 0 saturated carbocycles. The van der Waals surface area contributed by atoms with Gasteiger partial charge in [-0.1, -0.05) is 38.8 Å². The van der Waals surface area contributed by atoms with E-state index in [-0.39, 0.29) is 11.3 Å². The highest BCUT2D eigenvalue weighted by Crippen LogP contribution is 2.40. The van der Waals surface area contributed by atoms with E-state index < -0.39 is 26.5 Å². The molecule has 8 nitrogen and oxygen atoms in total. The van der Waals surface area contributed by atoms with Crippen LogP contribution in [0.15, 0.2) is 53.4 Å². The van der Waals surface area contributed by atoms with E-state index in [1.54, 1.807) is 24.3 Å². The average molecular weight is 520 g/mol. The number of carbonyl (C=O) groups is 1. The summed E-state index contributed by atoms with van der Waals surface area (Å²) in [5.74, 6) is -0.750. The number of rotatable bonds is 13. The van der Waals surface area contributed by atoms with Crippen LogP contribution >= 0.6 is 0 Å². The highest BCUT2D eigenvalue weighted by atomic mass is 32.2. The van der Waals surface area contributed by atoms with Crippen LogP contribution < -0.4 is 9.47 Å². The van der Waals surface area contributed by atoms with Crippen molar-refractivity contribution in [3.8, 4) is 11.5 Å². The molecule has 1 heterocycles. The van der Waals surface area contributed by atoms with Crippen molar-refractivity contribution in [3.63, 3.8) is 0 Å². The summed E-state index contributed by atoms with van der Waals surface area (Å²) in [6.07, 6.45) is 0.693. The van der Waals surface area contributed by atoms with Gasteiger partial charge in [-0.25, -0.2) is 8.42 Å². The molecule has 0 amide bonds. The number of carboxylic acid groups (broad SMARTS) is 1. The first-order valence-electron chi connectivity index (χ1n) is 12.4. The van der Waals surface area contributed by atoms with Crippen molar-refractivity contribution in [3.05, 3.63) is 54.1 Å². The summed E-state index contributed by atoms with van der Waals surface area (Å²) in [6.45, 7) is 8.23. The number of hydrogen-bond acceptors (Lipinski definition) is 7. The molecular formula is C27H37NO7S. The molecule has 1 aliphatic heterocycles. The van der Waals surface area contributed by atoms with E-state index in [0.717, 1.165) is 32.8 Å². The lowest BCUT2D eigenvalue weighted by Gasteiger charge is -2.36. The first kappa shape index (κ1) is 28.0. The van der Waals surface area contributed by atoms with Gasteiger partial charge in [-0.3, -0.25) is 9.69 Å². The number of sulfone groups is 1. The summed E-state index contributed by atoms with van der Waals surface area (Å²) < 4.78 is 42.3. The van der Waals surface area contributed by atoms with Crippen LogP contribution in [0.25, 0.3) is 0 Å². The fourth-order valence-corrected chi connectivity index (χ4v) is 7.14. The van der Waals surface area contributed by atoms with Crippen LogP contribution in [0.3, 0.4) is 0 Å². The Bertz CT molecular complexity index is 1080. The Hall–Kier alpha value is -2.62. The Labute approximate surface area is 214 Å². The lowest BCUT2D eigenvalue weighted by atomic mass is 9.82. The summed E-state index contributed by atoms with van der Waals surface area (Å²) >= 11 is 0. The minimum Gasteiger partial charge on any atom is -0.497 e. The molecule has 1 aliphatic rings. The third kappa shape index (κ3) is 6.02. The molecule has 198 valence electrons. The van der Waals surface area contributed by atoms with Crippen LogP contribution in [-0.4, -0.2) is 75.7 Å². The topological polar surface area (TPSA) is 102 Å². The Morgan fingerprint density at radius 2 is 1.61 bits per heavy atom. The quantitative estimate of drug-likeness (QED) is 0.428. The van der Waals surface area contributed by atoms with E-state index in [4.69, 9.17) is 14.2 Å². The van der Waals surface area contributed by atoms with Crippen molar-refractivity contribution in [2.45, 2.75) is 42.8 Å². The van der Waals surface area contributed by atoms with Gasteiger partial charge in [-0.2, -0.15) is 0 Å². The molecule has 36 heavy (non-hydrogen) atoms. The highest BCUT2D eigenvalue weighted by molar-refractivity contribution is 7.93. The molecule has 2 aromatic rings. The van der Waals surface area contributed by atoms with Crippen molar-refractivity contribution >= 4 is 15.8 Å². The predicted molar refractivity (Wildman–Crippen MR) is 138 cm³/mol. The van der Waals surface area contributed by atoms with Crippen LogP contribution in [-0.2, 0) is 25.8 Å². The minimum absolute atomic E-state index is 0.0272. The zero-order valence-corrected chi connectivity index (χ0v) is 22.1. The number of methoxy groups -OCH3 is 1. The number of ether oxygens (including phenoxy) is 3. The van der Waals surface area contributed by atoms with Crippen LogP contribution in [0.5, 0.6) is 11.5 Å². The normalized spacial score (nSPS) is 16.4. The molecule has 0 spiro atoms. The lowest BCUT2D eigenvalue weighted by molar-refractivity contribution is -0.141. The van der Waals surface area contributed by atoms with Crippen molar-refractivity contribution in [1.29, 1.82) is 0 Å². The molecule has 1 unspecified atom stereocenters. The maximum atomic E-state index is 14.0. The standard InChI is InChI=1S/C27H37NO7S/c1-4-22(5-2)27(26(29)30,36(31,32)25-12-10-23(33-3)11-13-25)20-21-6-8-24(9-7-21)35-19-16-28-14-17-34-18-15-28/h6-13,22H,4-5,14-20H2,1-3H3,(H,29,30). The summed E-state index contributed by atoms with van der Waals surface area (Å²) in [5.41, 5.74) is 0.627. The zero-order chi connectivity index (χ0) is 26.2. The van der Waals surface area contributed by atoms with Crippen molar-refractivity contribution in [2.24, 2.45) is 5.92 Å². The van der Waals surface area contributed by atoms with Crippen molar-refractivity contribution in [1.82, 2.24) is 4.90 Å². The molecule has 0 bridgehead atoms. The van der Waals surface area contributed by atoms with Crippen molar-refractivity contribution in [2.75, 3.05) is 46.6 Å². The second-order valence-corrected chi connectivity index (χ2v) is 11.2. The van der Waals surface area contributed by atoms with Gasteiger partial charge in [-0.15, -0.1) is 0 Å². The van der Waals surface area contributed by atoms with E-state index in [1.807, 2.05) is 13.8 Å². The second kappa shape index (κ2) is 12.6. The van der Waals surface area contributed by atoms with Gasteiger partial charge in [0.1, 0.15) is 18.1 Å². The van der Waals surface area contributed by atoms with E-state index in [9.17, 15) is 18.3 Å². The molecular weight excluding hydrogens is 482 g/mol. The number of nitrogens with zero attached hydrogens (tertiary/aromatic N) is 1. The Morgan fingerprint density at radius 1 is 1.03 bits per heavy atom. The van der Waals surface area contributed by atoms with Crippen LogP contribution in [0, 0.1) is 5.92 Å². The molecule has 1 atom stereocenters. The van der Waals surface area contributed by atoms with Gasteiger partial charge in [-0.05, 0) is 47.9 Å². The molecule has 0 aliphatic carbocycles. The highest BCUT2D eigenvalue weighted by Gasteiger charge is 2.56. The van der Waals surface area contributed by atoms with Gasteiger partial charge in [0, 0.05) is 26.1 Å². The van der Waals surface area contributed by atoms with Gasteiger partial charge in [0.25, 0.3) is 0 Å². The van der Waals surface area contributed by atoms with E-state index in [1.165, 1.54) is 31.4 Å². The Balaban J connectivity index is 1.85. The lowest BCUT2D eigenvalue weighted by Crippen LogP contribution is -2.54. The van der Waals surface area contributed by atoms with Gasteiger partial charge in [0.15, 0.2) is 14.6 Å². The van der Waals surface area contributed by atoms with Crippen LogP contribution in [0.1, 0.15) is 32.3 Å². The fraction of sp³-hybridized carbons (Fsp3) is 0.519. The first-order chi connectivity index (χ1) is 17.3. The van der Waals surface area contributed by atoms with E-state index >= 15 is 0 Å². The maximum Gasteiger partial charge on any atom is 0.326 e. The average Bonchev–Trinajstić information content (AvgIpc) is 2.90. The smallest absolute Gasteiger partial charge is 0.326 e. The molecule has 2 aromatic carbocycles. The van der Waals surface area contributed by atoms with Gasteiger partial charge in [0.05, 0.1) is 25.2 Å². The van der Waals surface area contributed by atoms with Gasteiger partial charge in [0.2, 0.25) is 0 Å². The Kier molecular flexibility index (Phi) is 9.76. The second-order valence-electron chi connectivity index (χ2n) is 9.01. The molecule has 0 aromatic heterocycles. The van der Waals surface area contributed by atoms with Gasteiger partial charge < -0.3 is 19.3 Å². The molecule has 1 N–H and O–H groups in total. The van der Waals surface area contributed by atoms with Gasteiger partial charge >= 0.3 is 5.97 Å². The third-order valence-electron chi connectivity index (χ3n) is 7.03. The maximum absolute atomic E-state index is 14.0. The number of hydrogen-bond donors (Lipinski definition) is 1. The molecule has 0 radical (unpaired) electrons. The predicted octanol–water partition coefficient (Wildman–Crippen LogP) is 3.68. The SMILES string of the molecule is CCC(CC)C(Cc1ccc(OCCN2CCOCC2)cc1)(C(=O)O)S(=O)(=O)c1ccc(OC)cc1. The molecule has 1 fully saturated rings. The summed E-state index contributed by atoms with van der Waals surface area (Å²) in [4.78, 5) is 15.1. The number of benzene rings is 2. The summed E-state index contributed by atoms with van der Waals surface area (Å²) in [5, 5.41) is 10.5.